The highest BCUT2D eigenvalue weighted by molar-refractivity contribution is 5.77. The lowest BCUT2D eigenvalue weighted by molar-refractivity contribution is -0.326. The van der Waals surface area contributed by atoms with E-state index in [0.29, 0.717) is 35.8 Å². The summed E-state index contributed by atoms with van der Waals surface area (Å²) in [6, 6.07) is 5.34. The number of carbonyl (C=O) groups is 2. The first kappa shape index (κ1) is 33.6. The van der Waals surface area contributed by atoms with Crippen molar-refractivity contribution >= 4 is 12.3 Å². The van der Waals surface area contributed by atoms with Crippen molar-refractivity contribution < 1.29 is 27.5 Å². The number of nitrogens with zero attached hydrogens (tertiary/aromatic N) is 1. The summed E-state index contributed by atoms with van der Waals surface area (Å²) in [5.41, 5.74) is 1.20. The molecular weight excluding hydrogens is 447 g/mol. The van der Waals surface area contributed by atoms with Gasteiger partial charge in [0.1, 0.15) is 0 Å². The summed E-state index contributed by atoms with van der Waals surface area (Å²) < 4.78 is 39.5. The normalized spacial score (nSPS) is 15.9. The van der Waals surface area contributed by atoms with Gasteiger partial charge in [-0.2, -0.15) is 0 Å². The van der Waals surface area contributed by atoms with Crippen LogP contribution in [0.2, 0.25) is 0 Å². The van der Waals surface area contributed by atoms with Gasteiger partial charge in [-0.05, 0) is 35.4 Å². The van der Waals surface area contributed by atoms with Crippen LogP contribution in [0.1, 0.15) is 71.6 Å². The number of likely N-dealkylation sites (tertiary alicyclic amines) is 1. The maximum atomic E-state index is 11.9. The molecular formula is C25H40F3N3O3. The molecule has 1 heterocycles. The van der Waals surface area contributed by atoms with Crippen LogP contribution in [0.3, 0.4) is 0 Å². The number of benzene rings is 1. The van der Waals surface area contributed by atoms with E-state index in [9.17, 15) is 22.8 Å². The largest absolute Gasteiger partial charge is 0.522 e. The van der Waals surface area contributed by atoms with Crippen molar-refractivity contribution in [2.45, 2.75) is 66.8 Å². The van der Waals surface area contributed by atoms with Gasteiger partial charge >= 0.3 is 6.36 Å². The topological polar surface area (TPSA) is 93.6 Å². The molecule has 2 amide bonds. The first-order valence-electron chi connectivity index (χ1n) is 11.1. The van der Waals surface area contributed by atoms with Crippen molar-refractivity contribution in [1.29, 1.82) is 0 Å². The minimum absolute atomic E-state index is 0. The molecule has 1 saturated heterocycles. The molecule has 4 N–H and O–H groups in total. The molecule has 0 spiro atoms. The standard InChI is InChI=1S/C12H10F3NO2.C11H21NO.C2H6.H3N/c1-2-9-3-5-10(6-4-9)11(16-8-17)7-18-12(13,14)15;1-9-5-6-12(8-9)10(13)7-11(2,3)4;1-2;/h1,3-6,8,11H,7H2,(H,16,17);9H,5-8H2,1-4H3;1-2H3;1H3. The molecule has 1 fully saturated rings. The molecule has 0 radical (unpaired) electrons. The predicted octanol–water partition coefficient (Wildman–Crippen LogP) is 5.47. The zero-order chi connectivity index (χ0) is 25.7. The number of terminal acetylenes is 1. The fraction of sp³-hybridized carbons (Fsp3) is 0.600. The Labute approximate surface area is 202 Å². The van der Waals surface area contributed by atoms with Crippen LogP contribution in [0.4, 0.5) is 13.2 Å². The lowest BCUT2D eigenvalue weighted by Gasteiger charge is -2.22. The SMILES string of the molecule is C#Cc1ccc(C(COC(F)(F)F)NC=O)cc1.CC.CC1CCN(C(=O)CC(C)(C)C)C1.N. The average molecular weight is 488 g/mol. The van der Waals surface area contributed by atoms with Gasteiger partial charge in [-0.25, -0.2) is 0 Å². The van der Waals surface area contributed by atoms with Gasteiger partial charge in [0.25, 0.3) is 0 Å². The summed E-state index contributed by atoms with van der Waals surface area (Å²) in [6.07, 6.45) is 2.60. The molecule has 2 atom stereocenters. The van der Waals surface area contributed by atoms with E-state index in [-0.39, 0.29) is 11.6 Å². The number of alkyl halides is 3. The van der Waals surface area contributed by atoms with E-state index < -0.39 is 19.0 Å². The average Bonchev–Trinajstić information content (AvgIpc) is 3.18. The van der Waals surface area contributed by atoms with Crippen LogP contribution in [-0.4, -0.2) is 43.3 Å². The third-order valence-electron chi connectivity index (χ3n) is 4.62. The maximum absolute atomic E-state index is 11.9. The molecule has 0 aliphatic carbocycles. The number of rotatable bonds is 6. The number of hydrogen-bond donors (Lipinski definition) is 2. The zero-order valence-electron chi connectivity index (χ0n) is 21.2. The Bertz CT molecular complexity index is 754. The molecule has 0 bridgehead atoms. The smallest absolute Gasteiger partial charge is 0.350 e. The van der Waals surface area contributed by atoms with Crippen LogP contribution in [0.15, 0.2) is 24.3 Å². The molecule has 2 rings (SSSR count). The molecule has 1 aromatic carbocycles. The Morgan fingerprint density at radius 1 is 1.26 bits per heavy atom. The van der Waals surface area contributed by atoms with Crippen molar-refractivity contribution in [3.63, 3.8) is 0 Å². The van der Waals surface area contributed by atoms with Crippen LogP contribution < -0.4 is 11.5 Å². The van der Waals surface area contributed by atoms with E-state index in [1.54, 1.807) is 12.1 Å². The Balaban J connectivity index is 0. The lowest BCUT2D eigenvalue weighted by Crippen LogP contribution is -2.31. The van der Waals surface area contributed by atoms with E-state index in [2.05, 4.69) is 43.7 Å². The monoisotopic (exact) mass is 487 g/mol. The van der Waals surface area contributed by atoms with E-state index >= 15 is 0 Å². The highest BCUT2D eigenvalue weighted by Gasteiger charge is 2.30. The maximum Gasteiger partial charge on any atom is 0.522 e. The molecule has 34 heavy (non-hydrogen) atoms. The second kappa shape index (κ2) is 16.1. The zero-order valence-corrected chi connectivity index (χ0v) is 21.2. The minimum atomic E-state index is -4.73. The Hall–Kier alpha value is -2.57. The van der Waals surface area contributed by atoms with Crippen LogP contribution >= 0.6 is 0 Å². The minimum Gasteiger partial charge on any atom is -0.350 e. The van der Waals surface area contributed by atoms with Crippen LogP contribution in [0, 0.1) is 23.7 Å². The number of hydrogen-bond acceptors (Lipinski definition) is 4. The Kier molecular flexibility index (Phi) is 15.9. The first-order chi connectivity index (χ1) is 15.3. The quantitative estimate of drug-likeness (QED) is 0.411. The molecule has 0 aromatic heterocycles. The number of halogens is 3. The first-order valence-corrected chi connectivity index (χ1v) is 11.1. The van der Waals surface area contributed by atoms with Crippen LogP contribution in [0.5, 0.6) is 0 Å². The second-order valence-electron chi connectivity index (χ2n) is 8.83. The summed E-state index contributed by atoms with van der Waals surface area (Å²) >= 11 is 0. The molecule has 0 saturated carbocycles. The molecule has 194 valence electrons. The van der Waals surface area contributed by atoms with E-state index in [0.717, 1.165) is 13.1 Å². The van der Waals surface area contributed by atoms with Gasteiger partial charge < -0.3 is 16.4 Å². The van der Waals surface area contributed by atoms with E-state index in [1.165, 1.54) is 18.6 Å². The summed E-state index contributed by atoms with van der Waals surface area (Å²) in [4.78, 5) is 24.1. The van der Waals surface area contributed by atoms with Crippen LogP contribution in [0.25, 0.3) is 0 Å². The molecule has 1 aliphatic rings. The Morgan fingerprint density at radius 3 is 2.21 bits per heavy atom. The van der Waals surface area contributed by atoms with E-state index in [4.69, 9.17) is 6.42 Å². The molecule has 9 heteroatoms. The van der Waals surface area contributed by atoms with Crippen molar-refractivity contribution in [3.05, 3.63) is 35.4 Å². The third kappa shape index (κ3) is 14.6. The van der Waals surface area contributed by atoms with Gasteiger partial charge in [0, 0.05) is 25.1 Å². The molecule has 6 nitrogen and oxygen atoms in total. The predicted molar refractivity (Wildman–Crippen MR) is 129 cm³/mol. The molecule has 1 aromatic rings. The fourth-order valence-corrected chi connectivity index (χ4v) is 3.04. The number of nitrogens with one attached hydrogen (secondary N) is 1. The lowest BCUT2D eigenvalue weighted by atomic mass is 9.92. The highest BCUT2D eigenvalue weighted by atomic mass is 19.4. The van der Waals surface area contributed by atoms with Gasteiger partial charge in [-0.3, -0.25) is 14.3 Å². The summed E-state index contributed by atoms with van der Waals surface area (Å²) in [5, 5.41) is 2.25. The van der Waals surface area contributed by atoms with E-state index in [1.807, 2.05) is 18.7 Å². The van der Waals surface area contributed by atoms with Crippen molar-refractivity contribution in [1.82, 2.24) is 16.4 Å². The summed E-state index contributed by atoms with van der Waals surface area (Å²) in [6.45, 7) is 13.8. The van der Waals surface area contributed by atoms with Crippen molar-refractivity contribution in [3.8, 4) is 12.3 Å². The number of amides is 2. The fourth-order valence-electron chi connectivity index (χ4n) is 3.04. The van der Waals surface area contributed by atoms with Crippen molar-refractivity contribution in [2.75, 3.05) is 19.7 Å². The number of carbonyl (C=O) groups excluding carboxylic acids is 2. The van der Waals surface area contributed by atoms with Gasteiger partial charge in [-0.1, -0.05) is 59.6 Å². The third-order valence-corrected chi connectivity index (χ3v) is 4.62. The summed E-state index contributed by atoms with van der Waals surface area (Å²) in [7, 11) is 0. The number of ether oxygens (including phenoxy) is 1. The van der Waals surface area contributed by atoms with Gasteiger partial charge in [0.2, 0.25) is 12.3 Å². The Morgan fingerprint density at radius 2 is 1.82 bits per heavy atom. The van der Waals surface area contributed by atoms with Crippen LogP contribution in [-0.2, 0) is 14.3 Å². The molecule has 1 aliphatic heterocycles. The van der Waals surface area contributed by atoms with Gasteiger partial charge in [0.15, 0.2) is 0 Å². The molecule has 2 unspecified atom stereocenters. The summed E-state index contributed by atoms with van der Waals surface area (Å²) in [5.74, 6) is 3.41. The van der Waals surface area contributed by atoms with Crippen molar-refractivity contribution in [2.24, 2.45) is 11.3 Å². The van der Waals surface area contributed by atoms with Gasteiger partial charge in [0.05, 0.1) is 12.6 Å². The van der Waals surface area contributed by atoms with Gasteiger partial charge in [-0.15, -0.1) is 19.6 Å². The second-order valence-corrected chi connectivity index (χ2v) is 8.83. The highest BCUT2D eigenvalue weighted by Crippen LogP contribution is 2.23.